The Hall–Kier alpha value is -1.08. The summed E-state index contributed by atoms with van der Waals surface area (Å²) in [7, 11) is 0. The van der Waals surface area contributed by atoms with Crippen molar-refractivity contribution >= 4 is 17.4 Å². The topological polar surface area (TPSA) is 17.1 Å². The number of benzene rings is 1. The van der Waals surface area contributed by atoms with E-state index in [1.165, 1.54) is 0 Å². The van der Waals surface area contributed by atoms with Gasteiger partial charge in [-0.15, -0.1) is 0 Å². The van der Waals surface area contributed by atoms with Crippen molar-refractivity contribution in [2.24, 2.45) is 0 Å². The number of hydrogen-bond donors (Lipinski definition) is 0. The van der Waals surface area contributed by atoms with E-state index in [2.05, 4.69) is 0 Å². The predicted molar refractivity (Wildman–Crippen MR) is 64.3 cm³/mol. The van der Waals surface area contributed by atoms with Crippen LogP contribution >= 0.6 is 11.6 Å². The van der Waals surface area contributed by atoms with Gasteiger partial charge in [-0.05, 0) is 36.6 Å². The monoisotopic (exact) mass is 222 g/mol. The van der Waals surface area contributed by atoms with Crippen molar-refractivity contribution in [2.45, 2.75) is 26.7 Å². The summed E-state index contributed by atoms with van der Waals surface area (Å²) in [5.74, 6) is 0.138. The standard InChI is InChI=1S/C13H15ClO/c1-3-4-5-12(15)9-11-6-7-13(14)10(2)8-11/h4-8H,3,9H2,1-2H3/b5-4+. The second kappa shape index (κ2) is 5.72. The van der Waals surface area contributed by atoms with E-state index in [-0.39, 0.29) is 5.78 Å². The fourth-order valence-corrected chi connectivity index (χ4v) is 1.44. The second-order valence-electron chi connectivity index (χ2n) is 3.54. The first-order valence-corrected chi connectivity index (χ1v) is 5.45. The zero-order chi connectivity index (χ0) is 11.3. The third-order valence-corrected chi connectivity index (χ3v) is 2.56. The summed E-state index contributed by atoms with van der Waals surface area (Å²) in [5.41, 5.74) is 2.03. The number of halogens is 1. The van der Waals surface area contributed by atoms with E-state index >= 15 is 0 Å². The molecule has 0 saturated heterocycles. The normalized spacial score (nSPS) is 10.9. The number of allylic oxidation sites excluding steroid dienone is 2. The molecule has 0 heterocycles. The minimum absolute atomic E-state index is 0.138. The molecule has 0 aromatic heterocycles. The van der Waals surface area contributed by atoms with Gasteiger partial charge in [-0.25, -0.2) is 0 Å². The van der Waals surface area contributed by atoms with E-state index in [4.69, 9.17) is 11.6 Å². The zero-order valence-electron chi connectivity index (χ0n) is 9.09. The minimum atomic E-state index is 0.138. The summed E-state index contributed by atoms with van der Waals surface area (Å²) in [5, 5.41) is 0.746. The molecule has 0 amide bonds. The summed E-state index contributed by atoms with van der Waals surface area (Å²) in [6.07, 6.45) is 4.87. The predicted octanol–water partition coefficient (Wildman–Crippen LogP) is 3.73. The maximum atomic E-state index is 11.4. The molecule has 0 spiro atoms. The van der Waals surface area contributed by atoms with E-state index in [9.17, 15) is 4.79 Å². The van der Waals surface area contributed by atoms with Crippen LogP contribution in [0.5, 0.6) is 0 Å². The number of rotatable bonds is 4. The lowest BCUT2D eigenvalue weighted by Gasteiger charge is -2.01. The van der Waals surface area contributed by atoms with Crippen LogP contribution in [0.15, 0.2) is 30.4 Å². The van der Waals surface area contributed by atoms with E-state index in [1.807, 2.05) is 38.1 Å². The number of hydrogen-bond acceptors (Lipinski definition) is 1. The summed E-state index contributed by atoms with van der Waals surface area (Å²) >= 11 is 5.90. The molecule has 1 nitrogen and oxygen atoms in total. The highest BCUT2D eigenvalue weighted by atomic mass is 35.5. The Bertz CT molecular complexity index is 380. The van der Waals surface area contributed by atoms with Gasteiger partial charge < -0.3 is 0 Å². The molecule has 2 heteroatoms. The van der Waals surface area contributed by atoms with Crippen LogP contribution in [-0.2, 0) is 11.2 Å². The molecular weight excluding hydrogens is 208 g/mol. The Kier molecular flexibility index (Phi) is 4.57. The maximum Gasteiger partial charge on any atom is 0.159 e. The lowest BCUT2D eigenvalue weighted by molar-refractivity contribution is -0.114. The average Bonchev–Trinajstić information content (AvgIpc) is 2.20. The van der Waals surface area contributed by atoms with Crippen molar-refractivity contribution in [1.82, 2.24) is 0 Å². The fraction of sp³-hybridized carbons (Fsp3) is 0.308. The van der Waals surface area contributed by atoms with Gasteiger partial charge in [-0.1, -0.05) is 36.7 Å². The molecule has 1 aromatic carbocycles. The van der Waals surface area contributed by atoms with Crippen molar-refractivity contribution in [1.29, 1.82) is 0 Å². The first kappa shape index (κ1) is 12.0. The molecule has 0 N–H and O–H groups in total. The van der Waals surface area contributed by atoms with Crippen molar-refractivity contribution in [3.63, 3.8) is 0 Å². The Morgan fingerprint density at radius 1 is 1.47 bits per heavy atom. The van der Waals surface area contributed by atoms with Crippen LogP contribution in [0.2, 0.25) is 5.02 Å². The number of carbonyl (C=O) groups is 1. The van der Waals surface area contributed by atoms with Crippen LogP contribution in [0.4, 0.5) is 0 Å². The molecule has 0 unspecified atom stereocenters. The van der Waals surface area contributed by atoms with Crippen molar-refractivity contribution in [2.75, 3.05) is 0 Å². The Morgan fingerprint density at radius 2 is 2.20 bits per heavy atom. The van der Waals surface area contributed by atoms with Gasteiger partial charge in [-0.3, -0.25) is 4.79 Å². The molecule has 1 aromatic rings. The summed E-state index contributed by atoms with van der Waals surface area (Å²) in [4.78, 5) is 11.4. The Labute approximate surface area is 95.8 Å². The molecule has 0 fully saturated rings. The third kappa shape index (κ3) is 3.88. The van der Waals surface area contributed by atoms with Crippen LogP contribution in [-0.4, -0.2) is 5.78 Å². The van der Waals surface area contributed by atoms with E-state index < -0.39 is 0 Å². The summed E-state index contributed by atoms with van der Waals surface area (Å²) in [6, 6.07) is 5.69. The first-order chi connectivity index (χ1) is 7.13. The van der Waals surface area contributed by atoms with Gasteiger partial charge in [0.1, 0.15) is 0 Å². The summed E-state index contributed by atoms with van der Waals surface area (Å²) in [6.45, 7) is 3.95. The van der Waals surface area contributed by atoms with Gasteiger partial charge in [-0.2, -0.15) is 0 Å². The molecule has 1 rings (SSSR count). The highest BCUT2D eigenvalue weighted by Gasteiger charge is 2.01. The summed E-state index contributed by atoms with van der Waals surface area (Å²) < 4.78 is 0. The van der Waals surface area contributed by atoms with E-state index in [0.717, 1.165) is 22.6 Å². The second-order valence-corrected chi connectivity index (χ2v) is 3.94. The molecular formula is C13H15ClO. The van der Waals surface area contributed by atoms with Gasteiger partial charge in [0.25, 0.3) is 0 Å². The SMILES string of the molecule is CC/C=C/C(=O)Cc1ccc(Cl)c(C)c1. The number of ketones is 1. The molecule has 0 radical (unpaired) electrons. The van der Waals surface area contributed by atoms with E-state index in [1.54, 1.807) is 6.08 Å². The lowest BCUT2D eigenvalue weighted by atomic mass is 10.1. The first-order valence-electron chi connectivity index (χ1n) is 5.08. The molecule has 0 atom stereocenters. The molecule has 0 saturated carbocycles. The molecule has 0 bridgehead atoms. The molecule has 80 valence electrons. The third-order valence-electron chi connectivity index (χ3n) is 2.14. The zero-order valence-corrected chi connectivity index (χ0v) is 9.84. The Morgan fingerprint density at radius 3 is 2.80 bits per heavy atom. The molecule has 15 heavy (non-hydrogen) atoms. The fourth-order valence-electron chi connectivity index (χ4n) is 1.33. The van der Waals surface area contributed by atoms with E-state index in [0.29, 0.717) is 6.42 Å². The van der Waals surface area contributed by atoms with Crippen LogP contribution in [0.25, 0.3) is 0 Å². The Balaban J connectivity index is 2.69. The number of aryl methyl sites for hydroxylation is 1. The highest BCUT2D eigenvalue weighted by Crippen LogP contribution is 2.16. The lowest BCUT2D eigenvalue weighted by Crippen LogP contribution is -1.98. The van der Waals surface area contributed by atoms with Crippen LogP contribution in [0.1, 0.15) is 24.5 Å². The smallest absolute Gasteiger partial charge is 0.159 e. The van der Waals surface area contributed by atoms with Gasteiger partial charge in [0.2, 0.25) is 0 Å². The van der Waals surface area contributed by atoms with Gasteiger partial charge in [0.15, 0.2) is 5.78 Å². The van der Waals surface area contributed by atoms with Gasteiger partial charge in [0.05, 0.1) is 0 Å². The molecule has 0 aliphatic rings. The van der Waals surface area contributed by atoms with Crippen molar-refractivity contribution < 1.29 is 4.79 Å². The molecule has 0 aliphatic heterocycles. The van der Waals surface area contributed by atoms with Crippen LogP contribution in [0.3, 0.4) is 0 Å². The van der Waals surface area contributed by atoms with Crippen molar-refractivity contribution in [3.8, 4) is 0 Å². The average molecular weight is 223 g/mol. The minimum Gasteiger partial charge on any atom is -0.294 e. The maximum absolute atomic E-state index is 11.4. The molecule has 0 aliphatic carbocycles. The van der Waals surface area contributed by atoms with Crippen LogP contribution in [0, 0.1) is 6.92 Å². The largest absolute Gasteiger partial charge is 0.294 e. The quantitative estimate of drug-likeness (QED) is 0.710. The van der Waals surface area contributed by atoms with Crippen LogP contribution < -0.4 is 0 Å². The van der Waals surface area contributed by atoms with Crippen molar-refractivity contribution in [3.05, 3.63) is 46.5 Å². The van der Waals surface area contributed by atoms with Gasteiger partial charge in [0, 0.05) is 11.4 Å². The number of carbonyl (C=O) groups excluding carboxylic acids is 1. The highest BCUT2D eigenvalue weighted by molar-refractivity contribution is 6.31. The van der Waals surface area contributed by atoms with Gasteiger partial charge >= 0.3 is 0 Å².